The zero-order valence-electron chi connectivity index (χ0n) is 9.56. The molecule has 0 saturated heterocycles. The molecule has 3 heteroatoms. The highest BCUT2D eigenvalue weighted by atomic mass is 16.2. The molecule has 0 aromatic rings. The van der Waals surface area contributed by atoms with Crippen molar-refractivity contribution in [1.29, 1.82) is 0 Å². The highest BCUT2D eigenvalue weighted by molar-refractivity contribution is 5.82. The number of likely N-dealkylation sites (N-methyl/N-ethyl adjacent to an activating group) is 1. The van der Waals surface area contributed by atoms with Gasteiger partial charge in [0.05, 0.1) is 6.04 Å². The van der Waals surface area contributed by atoms with E-state index < -0.39 is 0 Å². The van der Waals surface area contributed by atoms with Crippen molar-refractivity contribution in [1.82, 2.24) is 10.6 Å². The molecule has 0 fully saturated rings. The second-order valence-corrected chi connectivity index (χ2v) is 4.75. The van der Waals surface area contributed by atoms with E-state index in [1.165, 1.54) is 0 Å². The summed E-state index contributed by atoms with van der Waals surface area (Å²) in [5, 5.41) is 5.93. The normalized spacial score (nSPS) is 14.4. The Morgan fingerprint density at radius 3 is 1.92 bits per heavy atom. The van der Waals surface area contributed by atoms with Crippen LogP contribution in [0.1, 0.15) is 34.6 Å². The van der Waals surface area contributed by atoms with Crippen LogP contribution in [-0.4, -0.2) is 25.0 Å². The van der Waals surface area contributed by atoms with Crippen LogP contribution in [0.2, 0.25) is 0 Å². The van der Waals surface area contributed by atoms with Crippen LogP contribution in [0.15, 0.2) is 0 Å². The van der Waals surface area contributed by atoms with Crippen molar-refractivity contribution in [3.05, 3.63) is 0 Å². The monoisotopic (exact) mass is 186 g/mol. The van der Waals surface area contributed by atoms with Gasteiger partial charge in [-0.05, 0) is 26.3 Å². The molecule has 0 aliphatic carbocycles. The van der Waals surface area contributed by atoms with Gasteiger partial charge in [-0.3, -0.25) is 4.79 Å². The van der Waals surface area contributed by atoms with E-state index in [2.05, 4.69) is 10.6 Å². The molecule has 0 spiro atoms. The zero-order valence-corrected chi connectivity index (χ0v) is 9.56. The number of rotatable bonds is 3. The third-order valence-electron chi connectivity index (χ3n) is 1.85. The van der Waals surface area contributed by atoms with Gasteiger partial charge in [0.2, 0.25) is 5.91 Å². The molecular weight excluding hydrogens is 164 g/mol. The lowest BCUT2D eigenvalue weighted by Gasteiger charge is -2.29. The minimum Gasteiger partial charge on any atom is -0.353 e. The van der Waals surface area contributed by atoms with E-state index in [1.54, 1.807) is 0 Å². The van der Waals surface area contributed by atoms with E-state index in [9.17, 15) is 4.79 Å². The van der Waals surface area contributed by atoms with Gasteiger partial charge in [-0.2, -0.15) is 0 Å². The maximum atomic E-state index is 11.7. The van der Waals surface area contributed by atoms with E-state index in [0.717, 1.165) is 0 Å². The third-order valence-corrected chi connectivity index (χ3v) is 1.85. The molecule has 0 aromatic heterocycles. The van der Waals surface area contributed by atoms with Crippen molar-refractivity contribution in [2.75, 3.05) is 7.05 Å². The molecule has 0 aliphatic rings. The third kappa shape index (κ3) is 4.27. The summed E-state index contributed by atoms with van der Waals surface area (Å²) in [4.78, 5) is 11.7. The molecule has 0 rings (SSSR count). The lowest BCUT2D eigenvalue weighted by Crippen LogP contribution is -2.51. The minimum absolute atomic E-state index is 0.0479. The fourth-order valence-corrected chi connectivity index (χ4v) is 1.33. The summed E-state index contributed by atoms with van der Waals surface area (Å²) in [6, 6.07) is 0.0700. The summed E-state index contributed by atoms with van der Waals surface area (Å²) >= 11 is 0. The molecule has 2 N–H and O–H groups in total. The quantitative estimate of drug-likeness (QED) is 0.694. The van der Waals surface area contributed by atoms with Crippen molar-refractivity contribution in [3.63, 3.8) is 0 Å². The average Bonchev–Trinajstić information content (AvgIpc) is 1.82. The summed E-state index contributed by atoms with van der Waals surface area (Å²) in [7, 11) is 1.82. The van der Waals surface area contributed by atoms with Gasteiger partial charge < -0.3 is 10.6 Å². The second-order valence-electron chi connectivity index (χ2n) is 4.75. The SMILES string of the molecule is CN[C@@H](C(=O)NC(C)C)C(C)(C)C. The lowest BCUT2D eigenvalue weighted by atomic mass is 9.86. The Kier molecular flexibility index (Phi) is 4.40. The van der Waals surface area contributed by atoms with Crippen molar-refractivity contribution < 1.29 is 4.79 Å². The Labute approximate surface area is 81.3 Å². The highest BCUT2D eigenvalue weighted by Crippen LogP contribution is 2.18. The number of amides is 1. The first-order valence-electron chi connectivity index (χ1n) is 4.76. The number of hydrogen-bond acceptors (Lipinski definition) is 2. The molecule has 78 valence electrons. The predicted molar refractivity (Wildman–Crippen MR) is 55.6 cm³/mol. The summed E-state index contributed by atoms with van der Waals surface area (Å²) in [5.74, 6) is 0.0741. The van der Waals surface area contributed by atoms with Crippen molar-refractivity contribution in [2.24, 2.45) is 5.41 Å². The molecule has 1 atom stereocenters. The minimum atomic E-state index is -0.130. The highest BCUT2D eigenvalue weighted by Gasteiger charge is 2.29. The molecule has 0 radical (unpaired) electrons. The first kappa shape index (κ1) is 12.4. The smallest absolute Gasteiger partial charge is 0.237 e. The Bertz CT molecular complexity index is 170. The van der Waals surface area contributed by atoms with Crippen LogP contribution in [0.5, 0.6) is 0 Å². The van der Waals surface area contributed by atoms with Crippen molar-refractivity contribution in [3.8, 4) is 0 Å². The molecule has 0 saturated carbocycles. The molecule has 0 aliphatic heterocycles. The fourth-order valence-electron chi connectivity index (χ4n) is 1.33. The molecule has 0 heterocycles. The summed E-state index contributed by atoms with van der Waals surface area (Å²) in [6.07, 6.45) is 0. The van der Waals surface area contributed by atoms with Gasteiger partial charge in [0.15, 0.2) is 0 Å². The maximum Gasteiger partial charge on any atom is 0.237 e. The zero-order chi connectivity index (χ0) is 10.6. The summed E-state index contributed by atoms with van der Waals surface area (Å²) in [5.41, 5.74) is -0.0479. The van der Waals surface area contributed by atoms with Crippen LogP contribution < -0.4 is 10.6 Å². The van der Waals surface area contributed by atoms with E-state index in [-0.39, 0.29) is 23.4 Å². The van der Waals surface area contributed by atoms with E-state index >= 15 is 0 Å². The molecule has 3 nitrogen and oxygen atoms in total. The first-order chi connectivity index (χ1) is 5.79. The van der Waals surface area contributed by atoms with Gasteiger partial charge in [0.25, 0.3) is 0 Å². The van der Waals surface area contributed by atoms with Gasteiger partial charge in [-0.25, -0.2) is 0 Å². The second kappa shape index (κ2) is 4.61. The van der Waals surface area contributed by atoms with Gasteiger partial charge in [-0.15, -0.1) is 0 Å². The molecule has 0 aromatic carbocycles. The maximum absolute atomic E-state index is 11.7. The molecular formula is C10H22N2O. The molecule has 0 unspecified atom stereocenters. The predicted octanol–water partition coefficient (Wildman–Crippen LogP) is 1.15. The van der Waals surface area contributed by atoms with Crippen molar-refractivity contribution >= 4 is 5.91 Å². The fraction of sp³-hybridized carbons (Fsp3) is 0.900. The molecule has 0 bridgehead atoms. The topological polar surface area (TPSA) is 41.1 Å². The number of carbonyl (C=O) groups is 1. The first-order valence-corrected chi connectivity index (χ1v) is 4.76. The Hall–Kier alpha value is -0.570. The standard InChI is InChI=1S/C10H22N2O/c1-7(2)12-9(13)8(11-6)10(3,4)5/h7-8,11H,1-6H3,(H,12,13)/t8-/m0/s1. The van der Waals surface area contributed by atoms with E-state index in [0.29, 0.717) is 0 Å². The van der Waals surface area contributed by atoms with Crippen LogP contribution in [0.3, 0.4) is 0 Å². The van der Waals surface area contributed by atoms with Gasteiger partial charge in [-0.1, -0.05) is 20.8 Å². The molecule has 1 amide bonds. The summed E-state index contributed by atoms with van der Waals surface area (Å²) in [6.45, 7) is 10.1. The average molecular weight is 186 g/mol. The number of nitrogens with one attached hydrogen (secondary N) is 2. The Balaban J connectivity index is 4.33. The van der Waals surface area contributed by atoms with Gasteiger partial charge >= 0.3 is 0 Å². The van der Waals surface area contributed by atoms with Crippen LogP contribution in [-0.2, 0) is 4.79 Å². The van der Waals surface area contributed by atoms with Crippen molar-refractivity contribution in [2.45, 2.75) is 46.7 Å². The lowest BCUT2D eigenvalue weighted by molar-refractivity contribution is -0.125. The van der Waals surface area contributed by atoms with Gasteiger partial charge in [0.1, 0.15) is 0 Å². The van der Waals surface area contributed by atoms with Crippen LogP contribution in [0, 0.1) is 5.41 Å². The van der Waals surface area contributed by atoms with Crippen LogP contribution >= 0.6 is 0 Å². The molecule has 13 heavy (non-hydrogen) atoms. The number of carbonyl (C=O) groups excluding carboxylic acids is 1. The number of hydrogen-bond donors (Lipinski definition) is 2. The van der Waals surface area contributed by atoms with E-state index in [4.69, 9.17) is 0 Å². The van der Waals surface area contributed by atoms with Crippen LogP contribution in [0.25, 0.3) is 0 Å². The Morgan fingerprint density at radius 2 is 1.69 bits per heavy atom. The summed E-state index contributed by atoms with van der Waals surface area (Å²) < 4.78 is 0. The largest absolute Gasteiger partial charge is 0.353 e. The van der Waals surface area contributed by atoms with E-state index in [1.807, 2.05) is 41.7 Å². The van der Waals surface area contributed by atoms with Crippen LogP contribution in [0.4, 0.5) is 0 Å². The van der Waals surface area contributed by atoms with Gasteiger partial charge in [0, 0.05) is 6.04 Å². The Morgan fingerprint density at radius 1 is 1.23 bits per heavy atom.